The van der Waals surface area contributed by atoms with Crippen LogP contribution in [0.5, 0.6) is 11.5 Å². The molecule has 1 aromatic carbocycles. The van der Waals surface area contributed by atoms with Crippen LogP contribution in [0.25, 0.3) is 0 Å². The molecule has 2 N–H and O–H groups in total. The van der Waals surface area contributed by atoms with Gasteiger partial charge in [0, 0.05) is 12.5 Å². The number of piperidine rings is 1. The van der Waals surface area contributed by atoms with Crippen LogP contribution in [0.2, 0.25) is 0 Å². The van der Waals surface area contributed by atoms with Crippen LogP contribution < -0.4 is 20.1 Å². The smallest absolute Gasteiger partial charge is 0.224 e. The SMILES string of the molecule is COc1ccc(OC)c(NC(=O)CC(C)C2CCCNC2)c1.Cl. The molecule has 1 amide bonds. The third-order valence-corrected chi connectivity index (χ3v) is 4.33. The molecule has 1 heterocycles. The summed E-state index contributed by atoms with van der Waals surface area (Å²) < 4.78 is 10.5. The minimum atomic E-state index is 0. The molecule has 1 fully saturated rings. The third kappa shape index (κ3) is 5.59. The second kappa shape index (κ2) is 9.63. The number of hydrogen-bond donors (Lipinski definition) is 2. The third-order valence-electron chi connectivity index (χ3n) is 4.33. The fourth-order valence-electron chi connectivity index (χ4n) is 2.94. The Kier molecular flexibility index (Phi) is 8.20. The van der Waals surface area contributed by atoms with E-state index >= 15 is 0 Å². The van der Waals surface area contributed by atoms with Crippen LogP contribution in [0, 0.1) is 11.8 Å². The molecular formula is C17H27ClN2O3. The summed E-state index contributed by atoms with van der Waals surface area (Å²) in [5.74, 6) is 2.29. The van der Waals surface area contributed by atoms with Gasteiger partial charge < -0.3 is 20.1 Å². The summed E-state index contributed by atoms with van der Waals surface area (Å²) in [7, 11) is 3.19. The van der Waals surface area contributed by atoms with Crippen molar-refractivity contribution in [3.05, 3.63) is 18.2 Å². The van der Waals surface area contributed by atoms with Gasteiger partial charge in [-0.25, -0.2) is 0 Å². The number of carbonyl (C=O) groups excluding carboxylic acids is 1. The fourth-order valence-corrected chi connectivity index (χ4v) is 2.94. The van der Waals surface area contributed by atoms with Crippen LogP contribution in [0.4, 0.5) is 5.69 Å². The maximum absolute atomic E-state index is 12.3. The topological polar surface area (TPSA) is 59.6 Å². The molecule has 6 heteroatoms. The summed E-state index contributed by atoms with van der Waals surface area (Å²) in [6, 6.07) is 5.39. The zero-order valence-corrected chi connectivity index (χ0v) is 14.9. The average molecular weight is 343 g/mol. The number of benzene rings is 1. The first-order valence-corrected chi connectivity index (χ1v) is 7.86. The Morgan fingerprint density at radius 3 is 2.78 bits per heavy atom. The van der Waals surface area contributed by atoms with Crippen LogP contribution in [0.15, 0.2) is 18.2 Å². The van der Waals surface area contributed by atoms with Crippen molar-refractivity contribution >= 4 is 24.0 Å². The van der Waals surface area contributed by atoms with E-state index in [2.05, 4.69) is 17.6 Å². The number of amides is 1. The standard InChI is InChI=1S/C17H26N2O3.ClH/c1-12(13-5-4-8-18-11-13)9-17(20)19-15-10-14(21-2)6-7-16(15)22-3;/h6-7,10,12-13,18H,4-5,8-9,11H2,1-3H3,(H,19,20);1H. The van der Waals surface area contributed by atoms with E-state index in [0.717, 1.165) is 13.1 Å². The van der Waals surface area contributed by atoms with Gasteiger partial charge in [0.1, 0.15) is 11.5 Å². The summed E-state index contributed by atoms with van der Waals surface area (Å²) in [6.45, 7) is 4.26. The van der Waals surface area contributed by atoms with Gasteiger partial charge in [0.15, 0.2) is 0 Å². The zero-order chi connectivity index (χ0) is 15.9. The van der Waals surface area contributed by atoms with Crippen LogP contribution in [-0.2, 0) is 4.79 Å². The summed E-state index contributed by atoms with van der Waals surface area (Å²) in [5, 5.41) is 6.35. The number of ether oxygens (including phenoxy) is 2. The Balaban J connectivity index is 0.00000264. The van der Waals surface area contributed by atoms with E-state index in [1.54, 1.807) is 26.4 Å². The van der Waals surface area contributed by atoms with Crippen LogP contribution in [0.1, 0.15) is 26.2 Å². The average Bonchev–Trinajstić information content (AvgIpc) is 2.55. The van der Waals surface area contributed by atoms with Gasteiger partial charge in [-0.2, -0.15) is 0 Å². The largest absolute Gasteiger partial charge is 0.497 e. The molecule has 0 bridgehead atoms. The van der Waals surface area contributed by atoms with Crippen LogP contribution in [0.3, 0.4) is 0 Å². The maximum Gasteiger partial charge on any atom is 0.224 e. The summed E-state index contributed by atoms with van der Waals surface area (Å²) in [6.07, 6.45) is 2.91. The number of anilines is 1. The monoisotopic (exact) mass is 342 g/mol. The van der Waals surface area contributed by atoms with E-state index in [1.165, 1.54) is 12.8 Å². The minimum absolute atomic E-state index is 0. The molecule has 1 saturated heterocycles. The number of rotatable bonds is 6. The van der Waals surface area contributed by atoms with Gasteiger partial charge in [0.2, 0.25) is 5.91 Å². The van der Waals surface area contributed by atoms with E-state index in [4.69, 9.17) is 9.47 Å². The Labute approximate surface area is 144 Å². The molecule has 23 heavy (non-hydrogen) atoms. The molecule has 1 aliphatic rings. The zero-order valence-electron chi connectivity index (χ0n) is 14.1. The molecule has 0 radical (unpaired) electrons. The first kappa shape index (κ1) is 19.6. The summed E-state index contributed by atoms with van der Waals surface area (Å²) in [5.41, 5.74) is 0.654. The van der Waals surface area contributed by atoms with Crippen molar-refractivity contribution in [1.82, 2.24) is 5.32 Å². The molecule has 2 unspecified atom stereocenters. The first-order chi connectivity index (χ1) is 10.6. The lowest BCUT2D eigenvalue weighted by Crippen LogP contribution is -2.34. The Bertz CT molecular complexity index is 505. The number of methoxy groups -OCH3 is 2. The molecule has 1 aliphatic heterocycles. The van der Waals surface area contributed by atoms with Crippen molar-refractivity contribution in [3.8, 4) is 11.5 Å². The van der Waals surface area contributed by atoms with Gasteiger partial charge in [-0.15, -0.1) is 12.4 Å². The van der Waals surface area contributed by atoms with Crippen LogP contribution >= 0.6 is 12.4 Å². The Hall–Kier alpha value is -1.46. The van der Waals surface area contributed by atoms with E-state index in [9.17, 15) is 4.79 Å². The number of carbonyl (C=O) groups is 1. The molecule has 130 valence electrons. The molecule has 0 saturated carbocycles. The second-order valence-corrected chi connectivity index (χ2v) is 5.90. The highest BCUT2D eigenvalue weighted by molar-refractivity contribution is 5.92. The van der Waals surface area contributed by atoms with Gasteiger partial charge >= 0.3 is 0 Å². The summed E-state index contributed by atoms with van der Waals surface area (Å²) >= 11 is 0. The summed E-state index contributed by atoms with van der Waals surface area (Å²) in [4.78, 5) is 12.3. The van der Waals surface area contributed by atoms with E-state index < -0.39 is 0 Å². The molecular weight excluding hydrogens is 316 g/mol. The lowest BCUT2D eigenvalue weighted by molar-refractivity contribution is -0.117. The Morgan fingerprint density at radius 2 is 2.17 bits per heavy atom. The lowest BCUT2D eigenvalue weighted by atomic mass is 9.85. The van der Waals surface area contributed by atoms with Gasteiger partial charge in [-0.1, -0.05) is 6.92 Å². The van der Waals surface area contributed by atoms with E-state index in [-0.39, 0.29) is 18.3 Å². The van der Waals surface area contributed by atoms with E-state index in [0.29, 0.717) is 35.4 Å². The predicted molar refractivity (Wildman–Crippen MR) is 94.8 cm³/mol. The van der Waals surface area contributed by atoms with Crippen molar-refractivity contribution in [2.24, 2.45) is 11.8 Å². The number of nitrogens with one attached hydrogen (secondary N) is 2. The molecule has 0 aromatic heterocycles. The van der Waals surface area contributed by atoms with Crippen LogP contribution in [-0.4, -0.2) is 33.2 Å². The Morgan fingerprint density at radius 1 is 1.39 bits per heavy atom. The van der Waals surface area contributed by atoms with Crippen molar-refractivity contribution in [2.45, 2.75) is 26.2 Å². The predicted octanol–water partition coefficient (Wildman–Crippen LogP) is 3.09. The van der Waals surface area contributed by atoms with E-state index in [1.807, 2.05) is 6.07 Å². The quantitative estimate of drug-likeness (QED) is 0.834. The fraction of sp³-hybridized carbons (Fsp3) is 0.588. The molecule has 0 aliphatic carbocycles. The molecule has 2 atom stereocenters. The second-order valence-electron chi connectivity index (χ2n) is 5.90. The molecule has 5 nitrogen and oxygen atoms in total. The maximum atomic E-state index is 12.3. The van der Waals surface area contributed by atoms with Crippen molar-refractivity contribution in [1.29, 1.82) is 0 Å². The van der Waals surface area contributed by atoms with Crippen molar-refractivity contribution < 1.29 is 14.3 Å². The highest BCUT2D eigenvalue weighted by atomic mass is 35.5. The normalized spacial score (nSPS) is 18.5. The minimum Gasteiger partial charge on any atom is -0.497 e. The highest BCUT2D eigenvalue weighted by Crippen LogP contribution is 2.30. The first-order valence-electron chi connectivity index (χ1n) is 7.86. The number of hydrogen-bond acceptors (Lipinski definition) is 4. The van der Waals surface area contributed by atoms with Gasteiger partial charge in [-0.05, 0) is 49.9 Å². The van der Waals surface area contributed by atoms with Crippen molar-refractivity contribution in [2.75, 3.05) is 32.6 Å². The van der Waals surface area contributed by atoms with Gasteiger partial charge in [-0.3, -0.25) is 4.79 Å². The molecule has 1 aromatic rings. The molecule has 0 spiro atoms. The highest BCUT2D eigenvalue weighted by Gasteiger charge is 2.22. The molecule has 2 rings (SSSR count). The lowest BCUT2D eigenvalue weighted by Gasteiger charge is -2.28. The van der Waals surface area contributed by atoms with Gasteiger partial charge in [0.25, 0.3) is 0 Å². The number of halogens is 1. The van der Waals surface area contributed by atoms with Gasteiger partial charge in [0.05, 0.1) is 19.9 Å². The van der Waals surface area contributed by atoms with Crippen molar-refractivity contribution in [3.63, 3.8) is 0 Å².